The molecule has 0 fully saturated rings. The number of fused-ring (bicyclic) bond motifs is 1. The highest BCUT2D eigenvalue weighted by atomic mass is 16.2. The van der Waals surface area contributed by atoms with E-state index in [1.807, 2.05) is 23.1 Å². The number of hydrogen-bond donors (Lipinski definition) is 0. The molecule has 2 rings (SSSR count). The number of ketones is 1. The summed E-state index contributed by atoms with van der Waals surface area (Å²) < 4.78 is 0. The third-order valence-electron chi connectivity index (χ3n) is 3.10. The maximum absolute atomic E-state index is 11.9. The minimum absolute atomic E-state index is 0.173. The highest BCUT2D eigenvalue weighted by Crippen LogP contribution is 2.27. The number of nitrogens with zero attached hydrogens (tertiary/aromatic N) is 1. The third kappa shape index (κ3) is 2.73. The first-order valence-corrected chi connectivity index (χ1v) is 6.06. The van der Waals surface area contributed by atoms with Crippen molar-refractivity contribution in [3.8, 4) is 0 Å². The smallest absolute Gasteiger partial charge is 0.227 e. The van der Waals surface area contributed by atoms with Crippen LogP contribution in [0.15, 0.2) is 24.3 Å². The lowest BCUT2D eigenvalue weighted by molar-refractivity contribution is -0.119. The molecule has 0 spiro atoms. The van der Waals surface area contributed by atoms with Crippen molar-refractivity contribution >= 4 is 17.4 Å². The second kappa shape index (κ2) is 5.13. The van der Waals surface area contributed by atoms with Crippen LogP contribution >= 0.6 is 0 Å². The van der Waals surface area contributed by atoms with Crippen LogP contribution in [0.4, 0.5) is 5.69 Å². The van der Waals surface area contributed by atoms with Gasteiger partial charge in [-0.2, -0.15) is 0 Å². The van der Waals surface area contributed by atoms with Crippen molar-refractivity contribution in [1.29, 1.82) is 0 Å². The number of para-hydroxylation sites is 1. The van der Waals surface area contributed by atoms with Gasteiger partial charge >= 0.3 is 0 Å². The van der Waals surface area contributed by atoms with E-state index in [0.29, 0.717) is 19.4 Å². The number of benzene rings is 1. The lowest BCUT2D eigenvalue weighted by atomic mass is 10.0. The topological polar surface area (TPSA) is 37.4 Å². The SMILES string of the molecule is CC(=O)CCCN1C(=O)CCc2ccccc21. The summed E-state index contributed by atoms with van der Waals surface area (Å²) in [6.07, 6.45) is 2.71. The van der Waals surface area contributed by atoms with E-state index in [1.54, 1.807) is 6.92 Å². The molecule has 1 amide bonds. The van der Waals surface area contributed by atoms with Crippen LogP contribution in [0.25, 0.3) is 0 Å². The molecule has 1 aromatic carbocycles. The molecule has 17 heavy (non-hydrogen) atoms. The predicted octanol–water partition coefficient (Wildman–Crippen LogP) is 2.33. The van der Waals surface area contributed by atoms with Gasteiger partial charge in [0.15, 0.2) is 0 Å². The first kappa shape index (κ1) is 11.8. The second-order valence-electron chi connectivity index (χ2n) is 4.48. The number of aryl methyl sites for hydroxylation is 1. The molecule has 0 saturated heterocycles. The zero-order chi connectivity index (χ0) is 12.3. The van der Waals surface area contributed by atoms with Crippen LogP contribution < -0.4 is 4.90 Å². The van der Waals surface area contributed by atoms with Gasteiger partial charge in [0.25, 0.3) is 0 Å². The summed E-state index contributed by atoms with van der Waals surface area (Å²) in [6.45, 7) is 2.24. The zero-order valence-corrected chi connectivity index (χ0v) is 10.1. The number of carbonyl (C=O) groups excluding carboxylic acids is 2. The number of amides is 1. The Balaban J connectivity index is 2.10. The molecule has 3 nitrogen and oxygen atoms in total. The molecule has 1 aliphatic rings. The summed E-state index contributed by atoms with van der Waals surface area (Å²) in [5, 5.41) is 0. The van der Waals surface area contributed by atoms with Crippen molar-refractivity contribution in [3.05, 3.63) is 29.8 Å². The van der Waals surface area contributed by atoms with E-state index >= 15 is 0 Å². The Morgan fingerprint density at radius 3 is 2.82 bits per heavy atom. The van der Waals surface area contributed by atoms with Crippen LogP contribution in [0.3, 0.4) is 0 Å². The van der Waals surface area contributed by atoms with Gasteiger partial charge in [-0.25, -0.2) is 0 Å². The van der Waals surface area contributed by atoms with Crippen molar-refractivity contribution in [1.82, 2.24) is 0 Å². The van der Waals surface area contributed by atoms with Gasteiger partial charge < -0.3 is 9.69 Å². The summed E-state index contributed by atoms with van der Waals surface area (Å²) in [5.41, 5.74) is 2.25. The van der Waals surface area contributed by atoms with E-state index in [-0.39, 0.29) is 11.7 Å². The first-order chi connectivity index (χ1) is 8.18. The quantitative estimate of drug-likeness (QED) is 0.797. The molecule has 0 atom stereocenters. The molecule has 0 bridgehead atoms. The lowest BCUT2D eigenvalue weighted by Gasteiger charge is -2.29. The van der Waals surface area contributed by atoms with Gasteiger partial charge in [-0.05, 0) is 31.4 Å². The van der Waals surface area contributed by atoms with Crippen molar-refractivity contribution in [2.24, 2.45) is 0 Å². The summed E-state index contributed by atoms with van der Waals surface area (Å²) in [6, 6.07) is 8.01. The highest BCUT2D eigenvalue weighted by Gasteiger charge is 2.22. The minimum atomic E-state index is 0.173. The average Bonchev–Trinajstić information content (AvgIpc) is 2.32. The van der Waals surface area contributed by atoms with Crippen molar-refractivity contribution in [2.75, 3.05) is 11.4 Å². The van der Waals surface area contributed by atoms with Crippen molar-refractivity contribution < 1.29 is 9.59 Å². The molecule has 0 radical (unpaired) electrons. The van der Waals surface area contributed by atoms with Gasteiger partial charge in [0, 0.05) is 25.1 Å². The fourth-order valence-corrected chi connectivity index (χ4v) is 2.23. The van der Waals surface area contributed by atoms with E-state index in [9.17, 15) is 9.59 Å². The lowest BCUT2D eigenvalue weighted by Crippen LogP contribution is -2.35. The van der Waals surface area contributed by atoms with Crippen molar-refractivity contribution in [2.45, 2.75) is 32.6 Å². The van der Waals surface area contributed by atoms with Crippen molar-refractivity contribution in [3.63, 3.8) is 0 Å². The highest BCUT2D eigenvalue weighted by molar-refractivity contribution is 5.96. The Morgan fingerprint density at radius 2 is 2.06 bits per heavy atom. The summed E-state index contributed by atoms with van der Waals surface area (Å²) in [4.78, 5) is 24.6. The van der Waals surface area contributed by atoms with Gasteiger partial charge in [0.2, 0.25) is 5.91 Å². The molecule has 0 aliphatic carbocycles. The van der Waals surface area contributed by atoms with Gasteiger partial charge in [0.05, 0.1) is 0 Å². The zero-order valence-electron chi connectivity index (χ0n) is 10.1. The Morgan fingerprint density at radius 1 is 1.29 bits per heavy atom. The summed E-state index contributed by atoms with van der Waals surface area (Å²) >= 11 is 0. The van der Waals surface area contributed by atoms with Gasteiger partial charge in [-0.15, -0.1) is 0 Å². The van der Waals surface area contributed by atoms with Crippen LogP contribution in [0, 0.1) is 0 Å². The number of rotatable bonds is 4. The molecule has 90 valence electrons. The van der Waals surface area contributed by atoms with Gasteiger partial charge in [-0.3, -0.25) is 4.79 Å². The van der Waals surface area contributed by atoms with E-state index in [2.05, 4.69) is 6.07 Å². The fourth-order valence-electron chi connectivity index (χ4n) is 2.23. The Labute approximate surface area is 101 Å². The molecule has 1 aromatic rings. The molecule has 0 N–H and O–H groups in total. The standard InChI is InChI=1S/C14H17NO2/c1-11(16)5-4-10-15-13-7-3-2-6-12(13)8-9-14(15)17/h2-3,6-7H,4-5,8-10H2,1H3. The first-order valence-electron chi connectivity index (χ1n) is 6.06. The molecule has 1 heterocycles. The van der Waals surface area contributed by atoms with Gasteiger partial charge in [-0.1, -0.05) is 18.2 Å². The molecular formula is C14H17NO2. The summed E-state index contributed by atoms with van der Waals surface area (Å²) in [7, 11) is 0. The third-order valence-corrected chi connectivity index (χ3v) is 3.10. The fraction of sp³-hybridized carbons (Fsp3) is 0.429. The Bertz CT molecular complexity index is 440. The van der Waals surface area contributed by atoms with E-state index < -0.39 is 0 Å². The maximum atomic E-state index is 11.9. The Hall–Kier alpha value is -1.64. The second-order valence-corrected chi connectivity index (χ2v) is 4.48. The van der Waals surface area contributed by atoms with Crippen LogP contribution in [-0.2, 0) is 16.0 Å². The van der Waals surface area contributed by atoms with Crippen LogP contribution in [-0.4, -0.2) is 18.2 Å². The van der Waals surface area contributed by atoms with Crippen LogP contribution in [0.5, 0.6) is 0 Å². The Kier molecular flexibility index (Phi) is 3.57. The predicted molar refractivity (Wildman–Crippen MR) is 67.0 cm³/mol. The maximum Gasteiger partial charge on any atom is 0.227 e. The monoisotopic (exact) mass is 231 g/mol. The number of carbonyl (C=O) groups is 2. The number of Topliss-reactive ketones (excluding diaryl/α,β-unsaturated/α-hetero) is 1. The normalized spacial score (nSPS) is 14.6. The molecule has 0 saturated carbocycles. The molecule has 3 heteroatoms. The molecule has 0 unspecified atom stereocenters. The number of hydrogen-bond acceptors (Lipinski definition) is 2. The molecule has 1 aliphatic heterocycles. The molecule has 0 aromatic heterocycles. The van der Waals surface area contributed by atoms with Crippen LogP contribution in [0.2, 0.25) is 0 Å². The average molecular weight is 231 g/mol. The molecular weight excluding hydrogens is 214 g/mol. The van der Waals surface area contributed by atoms with E-state index in [4.69, 9.17) is 0 Å². The van der Waals surface area contributed by atoms with E-state index in [0.717, 1.165) is 18.5 Å². The summed E-state index contributed by atoms with van der Waals surface area (Å²) in [5.74, 6) is 0.356. The number of anilines is 1. The van der Waals surface area contributed by atoms with Crippen LogP contribution in [0.1, 0.15) is 31.7 Å². The largest absolute Gasteiger partial charge is 0.312 e. The minimum Gasteiger partial charge on any atom is -0.312 e. The van der Waals surface area contributed by atoms with Gasteiger partial charge in [0.1, 0.15) is 5.78 Å². The van der Waals surface area contributed by atoms with E-state index in [1.165, 1.54) is 5.56 Å².